The Morgan fingerprint density at radius 2 is 1.64 bits per heavy atom. The molecule has 0 aromatic carbocycles. The molecular weight excluding hydrogens is 138 g/mol. The summed E-state index contributed by atoms with van der Waals surface area (Å²) in [5.74, 6) is -0.0556. The third-order valence-electron chi connectivity index (χ3n) is 0.949. The van der Waals surface area contributed by atoms with Crippen LogP contribution in [0.25, 0.3) is 0 Å². The van der Waals surface area contributed by atoms with Gasteiger partial charge in [-0.25, -0.2) is 0 Å². The summed E-state index contributed by atoms with van der Waals surface area (Å²) >= 11 is 0. The highest BCUT2D eigenvalue weighted by molar-refractivity contribution is 5.86. The molecule has 0 aliphatic heterocycles. The lowest BCUT2D eigenvalue weighted by Gasteiger charge is -2.03. The summed E-state index contributed by atoms with van der Waals surface area (Å²) in [6, 6.07) is 0. The minimum atomic E-state index is -0.0556. The third kappa shape index (κ3) is 12.2. The maximum atomic E-state index is 10.3. The summed E-state index contributed by atoms with van der Waals surface area (Å²) in [5, 5.41) is 0. The average Bonchev–Trinajstić information content (AvgIpc) is 2.03. The van der Waals surface area contributed by atoms with Gasteiger partial charge in [-0.3, -0.25) is 4.79 Å². The van der Waals surface area contributed by atoms with Crippen LogP contribution in [0.3, 0.4) is 0 Å². The highest BCUT2D eigenvalue weighted by Gasteiger charge is 1.91. The van der Waals surface area contributed by atoms with E-state index in [1.165, 1.54) is 11.0 Å². The van der Waals surface area contributed by atoms with E-state index in [1.54, 1.807) is 14.1 Å². The van der Waals surface area contributed by atoms with Gasteiger partial charge in [0, 0.05) is 14.1 Å². The van der Waals surface area contributed by atoms with Crippen LogP contribution < -0.4 is 0 Å². The lowest BCUT2D eigenvalue weighted by molar-refractivity contribution is -0.123. The van der Waals surface area contributed by atoms with Crippen molar-refractivity contribution in [1.29, 1.82) is 0 Å². The molecule has 2 nitrogen and oxygen atoms in total. The first-order chi connectivity index (χ1) is 5.09. The molecule has 0 saturated heterocycles. The highest BCUT2D eigenvalue weighted by atomic mass is 16.2. The fraction of sp³-hybridized carbons (Fsp3) is 0.444. The van der Waals surface area contributed by atoms with Crippen LogP contribution in [0.2, 0.25) is 0 Å². The van der Waals surface area contributed by atoms with E-state index in [4.69, 9.17) is 0 Å². The number of allylic oxidation sites excluding steroid dienone is 2. The van der Waals surface area contributed by atoms with E-state index in [1.807, 2.05) is 26.0 Å². The van der Waals surface area contributed by atoms with Gasteiger partial charge in [0.1, 0.15) is 0 Å². The van der Waals surface area contributed by atoms with Gasteiger partial charge in [0.05, 0.1) is 0 Å². The van der Waals surface area contributed by atoms with Crippen LogP contribution in [0.4, 0.5) is 0 Å². The lowest BCUT2D eigenvalue weighted by Crippen LogP contribution is -2.18. The molecular formula is C9H17NO. The molecule has 64 valence electrons. The van der Waals surface area contributed by atoms with Gasteiger partial charge in [0.25, 0.3) is 0 Å². The molecule has 1 amide bonds. The summed E-state index contributed by atoms with van der Waals surface area (Å²) in [6.07, 6.45) is 5.28. The van der Waals surface area contributed by atoms with E-state index in [9.17, 15) is 4.79 Å². The fourth-order valence-corrected chi connectivity index (χ4v) is 0.183. The minimum absolute atomic E-state index is 0.0556. The van der Waals surface area contributed by atoms with E-state index in [2.05, 4.69) is 6.58 Å². The van der Waals surface area contributed by atoms with Crippen molar-refractivity contribution >= 4 is 5.91 Å². The molecule has 0 N–H and O–H groups in total. The molecule has 0 rings (SSSR count). The van der Waals surface area contributed by atoms with Crippen molar-refractivity contribution in [1.82, 2.24) is 4.90 Å². The van der Waals surface area contributed by atoms with Crippen LogP contribution in [-0.4, -0.2) is 24.9 Å². The largest absolute Gasteiger partial charge is 0.345 e. The lowest BCUT2D eigenvalue weighted by atomic mass is 10.5. The summed E-state index contributed by atoms with van der Waals surface area (Å²) < 4.78 is 0. The van der Waals surface area contributed by atoms with Crippen LogP contribution in [0, 0.1) is 0 Å². The number of hydrogen-bond donors (Lipinski definition) is 0. The van der Waals surface area contributed by atoms with Gasteiger partial charge in [-0.2, -0.15) is 0 Å². The molecule has 0 aliphatic carbocycles. The van der Waals surface area contributed by atoms with Crippen LogP contribution >= 0.6 is 0 Å². The molecule has 0 spiro atoms. The molecule has 0 atom stereocenters. The Morgan fingerprint density at radius 3 is 1.64 bits per heavy atom. The van der Waals surface area contributed by atoms with Gasteiger partial charge in [0.2, 0.25) is 5.91 Å². The monoisotopic (exact) mass is 155 g/mol. The van der Waals surface area contributed by atoms with Crippen LogP contribution in [0.1, 0.15) is 13.8 Å². The SMILES string of the molecule is C=CC(=O)N(C)C.CC=CC. The van der Waals surface area contributed by atoms with E-state index >= 15 is 0 Å². The summed E-state index contributed by atoms with van der Waals surface area (Å²) in [4.78, 5) is 11.8. The topological polar surface area (TPSA) is 20.3 Å². The van der Waals surface area contributed by atoms with Crippen molar-refractivity contribution in [3.05, 3.63) is 24.8 Å². The van der Waals surface area contributed by atoms with Gasteiger partial charge in [0.15, 0.2) is 0 Å². The van der Waals surface area contributed by atoms with Crippen molar-refractivity contribution in [3.63, 3.8) is 0 Å². The van der Waals surface area contributed by atoms with Crippen LogP contribution in [0.15, 0.2) is 24.8 Å². The Morgan fingerprint density at radius 1 is 1.27 bits per heavy atom. The first-order valence-corrected chi connectivity index (χ1v) is 3.51. The molecule has 0 unspecified atom stereocenters. The zero-order chi connectivity index (χ0) is 9.28. The molecule has 0 aliphatic rings. The summed E-state index contributed by atoms with van der Waals surface area (Å²) in [6.45, 7) is 7.29. The number of nitrogens with zero attached hydrogens (tertiary/aromatic N) is 1. The van der Waals surface area contributed by atoms with Crippen molar-refractivity contribution in [2.45, 2.75) is 13.8 Å². The van der Waals surface area contributed by atoms with Crippen molar-refractivity contribution in [2.75, 3.05) is 14.1 Å². The summed E-state index contributed by atoms with van der Waals surface area (Å²) in [5.41, 5.74) is 0. The molecule has 2 heteroatoms. The predicted molar refractivity (Wildman–Crippen MR) is 49.4 cm³/mol. The normalized spacial score (nSPS) is 8.36. The predicted octanol–water partition coefficient (Wildman–Crippen LogP) is 1.84. The van der Waals surface area contributed by atoms with Crippen LogP contribution in [0.5, 0.6) is 0 Å². The van der Waals surface area contributed by atoms with Crippen molar-refractivity contribution in [2.24, 2.45) is 0 Å². The Bertz CT molecular complexity index is 132. The third-order valence-corrected chi connectivity index (χ3v) is 0.949. The molecule has 11 heavy (non-hydrogen) atoms. The van der Waals surface area contributed by atoms with Crippen LogP contribution in [-0.2, 0) is 4.79 Å². The maximum absolute atomic E-state index is 10.3. The standard InChI is InChI=1S/C5H9NO.C4H8/c1-4-5(7)6(2)3;1-3-4-2/h4H,1H2,2-3H3;3-4H,1-2H3. The second kappa shape index (κ2) is 8.95. The molecule has 0 radical (unpaired) electrons. The Kier molecular flexibility index (Phi) is 10.3. The van der Waals surface area contributed by atoms with Gasteiger partial charge in [-0.1, -0.05) is 18.7 Å². The van der Waals surface area contributed by atoms with Gasteiger partial charge in [-0.15, -0.1) is 0 Å². The first-order valence-electron chi connectivity index (χ1n) is 3.51. The zero-order valence-corrected chi connectivity index (χ0v) is 7.79. The van der Waals surface area contributed by atoms with Crippen molar-refractivity contribution in [3.8, 4) is 0 Å². The number of likely N-dealkylation sites (N-methyl/N-ethyl adjacent to an activating group) is 1. The molecule has 0 aromatic rings. The average molecular weight is 155 g/mol. The number of amides is 1. The number of hydrogen-bond acceptors (Lipinski definition) is 1. The second-order valence-electron chi connectivity index (χ2n) is 2.10. The van der Waals surface area contributed by atoms with Gasteiger partial charge >= 0.3 is 0 Å². The van der Waals surface area contributed by atoms with E-state index < -0.39 is 0 Å². The van der Waals surface area contributed by atoms with Gasteiger partial charge in [-0.05, 0) is 19.9 Å². The number of carbonyl (C=O) groups is 1. The maximum Gasteiger partial charge on any atom is 0.245 e. The van der Waals surface area contributed by atoms with E-state index in [0.717, 1.165) is 0 Å². The van der Waals surface area contributed by atoms with E-state index in [0.29, 0.717) is 0 Å². The first kappa shape index (κ1) is 12.6. The highest BCUT2D eigenvalue weighted by Crippen LogP contribution is 1.74. The van der Waals surface area contributed by atoms with E-state index in [-0.39, 0.29) is 5.91 Å². The smallest absolute Gasteiger partial charge is 0.245 e. The molecule has 0 heterocycles. The molecule has 0 saturated carbocycles. The summed E-state index contributed by atoms with van der Waals surface area (Å²) in [7, 11) is 3.37. The molecule has 0 aromatic heterocycles. The molecule has 0 bridgehead atoms. The Labute approximate surface area is 69.2 Å². The van der Waals surface area contributed by atoms with Crippen molar-refractivity contribution < 1.29 is 4.79 Å². The molecule has 0 fully saturated rings. The minimum Gasteiger partial charge on any atom is -0.345 e. The van der Waals surface area contributed by atoms with Gasteiger partial charge < -0.3 is 4.90 Å². The second-order valence-corrected chi connectivity index (χ2v) is 2.10. The number of carbonyl (C=O) groups excluding carboxylic acids is 1. The Hall–Kier alpha value is -1.05. The fourth-order valence-electron chi connectivity index (χ4n) is 0.183. The zero-order valence-electron chi connectivity index (χ0n) is 7.79. The Balaban J connectivity index is 0. The quantitative estimate of drug-likeness (QED) is 0.418. The number of rotatable bonds is 1.